The minimum absolute atomic E-state index is 0.0890. The third kappa shape index (κ3) is 5.51. The fourth-order valence-electron chi connectivity index (χ4n) is 3.78. The van der Waals surface area contributed by atoms with Crippen LogP contribution in [0.4, 0.5) is 4.39 Å². The second-order valence-corrected chi connectivity index (χ2v) is 8.25. The lowest BCUT2D eigenvalue weighted by Crippen LogP contribution is -2.28. The molecule has 0 fully saturated rings. The topological polar surface area (TPSA) is 70.4 Å². The number of allylic oxidation sites excluding steroid dienone is 2. The summed E-state index contributed by atoms with van der Waals surface area (Å²) in [7, 11) is 0. The summed E-state index contributed by atoms with van der Waals surface area (Å²) in [5, 5.41) is 5.46. The van der Waals surface area contributed by atoms with Crippen LogP contribution in [0.15, 0.2) is 30.2 Å². The summed E-state index contributed by atoms with van der Waals surface area (Å²) in [6.07, 6.45) is 3.28. The number of benzene rings is 1. The molecule has 0 spiro atoms. The smallest absolute Gasteiger partial charge is 0.320 e. The van der Waals surface area contributed by atoms with E-state index < -0.39 is 30.1 Å². The summed E-state index contributed by atoms with van der Waals surface area (Å²) in [6.45, 7) is 3.77. The minimum Gasteiger partial charge on any atom is -0.465 e. The maximum absolute atomic E-state index is 15.5. The number of rotatable bonds is 8. The van der Waals surface area contributed by atoms with Gasteiger partial charge in [0.15, 0.2) is 5.92 Å². The van der Waals surface area contributed by atoms with Crippen LogP contribution < -0.4 is 0 Å². The molecular formula is C23H25Cl2FN2O4. The first kappa shape index (κ1) is 24.3. The molecule has 1 aromatic carbocycles. The number of halogens is 3. The zero-order chi connectivity index (χ0) is 23.3. The Labute approximate surface area is 196 Å². The average molecular weight is 483 g/mol. The summed E-state index contributed by atoms with van der Waals surface area (Å²) >= 11 is 12.3. The minimum atomic E-state index is -1.35. The number of fused-ring (bicyclic) bond motifs is 1. The largest absolute Gasteiger partial charge is 0.465 e. The maximum atomic E-state index is 15.5. The molecule has 0 radical (unpaired) electrons. The van der Waals surface area contributed by atoms with Crippen LogP contribution in [-0.4, -0.2) is 34.9 Å². The maximum Gasteiger partial charge on any atom is 0.320 e. The van der Waals surface area contributed by atoms with E-state index in [2.05, 4.69) is 5.10 Å². The van der Waals surface area contributed by atoms with Crippen molar-refractivity contribution in [2.45, 2.75) is 46.1 Å². The lowest BCUT2D eigenvalue weighted by Gasteiger charge is -2.20. The zero-order valence-corrected chi connectivity index (χ0v) is 19.5. The van der Waals surface area contributed by atoms with Crippen LogP contribution in [0.1, 0.15) is 49.9 Å². The molecule has 6 nitrogen and oxygen atoms in total. The standard InChI is InChI=1S/C23H25Cl2FN2O4/c1-3-31-22(29)18(23(30)32-4-2)11-20(26)17-7-5-6-14-12-27-28(21(14)17)13-15-8-9-16(24)10-19(15)25/h8-10,12,18H,3-7,11,13H2,1-2H3/b20-17-. The van der Waals surface area contributed by atoms with Crippen molar-refractivity contribution in [2.24, 2.45) is 5.92 Å². The molecule has 2 aromatic rings. The fourth-order valence-corrected chi connectivity index (χ4v) is 4.25. The highest BCUT2D eigenvalue weighted by molar-refractivity contribution is 6.35. The summed E-state index contributed by atoms with van der Waals surface area (Å²) < 4.78 is 27.2. The molecule has 9 heteroatoms. The second kappa shape index (κ2) is 11.0. The van der Waals surface area contributed by atoms with E-state index in [4.69, 9.17) is 32.7 Å². The summed E-state index contributed by atoms with van der Waals surface area (Å²) in [5.41, 5.74) is 2.80. The molecule has 3 rings (SSSR count). The van der Waals surface area contributed by atoms with Gasteiger partial charge in [0.2, 0.25) is 0 Å². The van der Waals surface area contributed by atoms with Gasteiger partial charge in [-0.3, -0.25) is 14.3 Å². The number of carbonyl (C=O) groups excluding carboxylic acids is 2. The molecule has 172 valence electrons. The summed E-state index contributed by atoms with van der Waals surface area (Å²) in [4.78, 5) is 24.6. The van der Waals surface area contributed by atoms with Crippen LogP contribution >= 0.6 is 23.2 Å². The van der Waals surface area contributed by atoms with Gasteiger partial charge in [-0.2, -0.15) is 5.10 Å². The quantitative estimate of drug-likeness (QED) is 0.372. The number of aromatic nitrogens is 2. The normalized spacial score (nSPS) is 14.8. The van der Waals surface area contributed by atoms with Gasteiger partial charge >= 0.3 is 11.9 Å². The van der Waals surface area contributed by atoms with Crippen LogP contribution in [0.3, 0.4) is 0 Å². The van der Waals surface area contributed by atoms with Gasteiger partial charge in [0, 0.05) is 22.0 Å². The molecule has 0 amide bonds. The summed E-state index contributed by atoms with van der Waals surface area (Å²) in [5.74, 6) is -3.48. The highest BCUT2D eigenvalue weighted by Crippen LogP contribution is 2.36. The van der Waals surface area contributed by atoms with Gasteiger partial charge in [-0.05, 0) is 56.4 Å². The molecule has 0 bridgehead atoms. The number of aryl methyl sites for hydroxylation is 1. The van der Waals surface area contributed by atoms with Gasteiger partial charge in [-0.25, -0.2) is 4.39 Å². The number of carbonyl (C=O) groups is 2. The van der Waals surface area contributed by atoms with Crippen LogP contribution in [0.2, 0.25) is 10.0 Å². The van der Waals surface area contributed by atoms with Crippen molar-refractivity contribution in [3.8, 4) is 0 Å². The van der Waals surface area contributed by atoms with Gasteiger partial charge in [0.05, 0.1) is 31.6 Å². The summed E-state index contributed by atoms with van der Waals surface area (Å²) in [6, 6.07) is 5.19. The molecule has 0 atom stereocenters. The third-order valence-electron chi connectivity index (χ3n) is 5.26. The molecule has 1 aliphatic rings. The van der Waals surface area contributed by atoms with Crippen molar-refractivity contribution in [2.75, 3.05) is 13.2 Å². The molecule has 1 heterocycles. The number of esters is 2. The van der Waals surface area contributed by atoms with E-state index in [0.717, 1.165) is 24.0 Å². The van der Waals surface area contributed by atoms with Gasteiger partial charge in [0.1, 0.15) is 5.83 Å². The van der Waals surface area contributed by atoms with Gasteiger partial charge < -0.3 is 9.47 Å². The van der Waals surface area contributed by atoms with Crippen molar-refractivity contribution in [3.05, 3.63) is 57.1 Å². The first-order valence-corrected chi connectivity index (χ1v) is 11.3. The van der Waals surface area contributed by atoms with Crippen molar-refractivity contribution in [3.63, 3.8) is 0 Å². The molecule has 32 heavy (non-hydrogen) atoms. The average Bonchev–Trinajstić information content (AvgIpc) is 3.17. The van der Waals surface area contributed by atoms with Gasteiger partial charge in [-0.15, -0.1) is 0 Å². The Balaban J connectivity index is 1.94. The Morgan fingerprint density at radius 3 is 2.47 bits per heavy atom. The first-order chi connectivity index (χ1) is 15.3. The zero-order valence-electron chi connectivity index (χ0n) is 18.0. The van der Waals surface area contributed by atoms with E-state index in [9.17, 15) is 9.59 Å². The number of nitrogens with zero attached hydrogens (tertiary/aromatic N) is 2. The van der Waals surface area contributed by atoms with E-state index in [-0.39, 0.29) is 13.2 Å². The number of hydrogen-bond acceptors (Lipinski definition) is 5. The molecule has 1 aliphatic carbocycles. The Morgan fingerprint density at radius 2 is 1.84 bits per heavy atom. The highest BCUT2D eigenvalue weighted by Gasteiger charge is 2.33. The molecule has 0 N–H and O–H groups in total. The first-order valence-electron chi connectivity index (χ1n) is 10.5. The Kier molecular flexibility index (Phi) is 8.32. The van der Waals surface area contributed by atoms with Gasteiger partial charge in [0.25, 0.3) is 0 Å². The second-order valence-electron chi connectivity index (χ2n) is 7.41. The molecule has 1 aromatic heterocycles. The van der Waals surface area contributed by atoms with E-state index in [1.165, 1.54) is 0 Å². The van der Waals surface area contributed by atoms with Crippen LogP contribution in [0.25, 0.3) is 5.57 Å². The monoisotopic (exact) mass is 482 g/mol. The van der Waals surface area contributed by atoms with E-state index >= 15 is 4.39 Å². The molecule has 0 aliphatic heterocycles. The van der Waals surface area contributed by atoms with E-state index in [1.807, 2.05) is 0 Å². The van der Waals surface area contributed by atoms with Crippen molar-refractivity contribution >= 4 is 40.7 Å². The van der Waals surface area contributed by atoms with Crippen LogP contribution in [0.5, 0.6) is 0 Å². The Hall–Kier alpha value is -2.38. The van der Waals surface area contributed by atoms with Gasteiger partial charge in [-0.1, -0.05) is 29.3 Å². The number of hydrogen-bond donors (Lipinski definition) is 0. The van der Waals surface area contributed by atoms with E-state index in [1.54, 1.807) is 42.9 Å². The van der Waals surface area contributed by atoms with Crippen molar-refractivity contribution < 1.29 is 23.5 Å². The van der Waals surface area contributed by atoms with Crippen LogP contribution in [-0.2, 0) is 32.0 Å². The van der Waals surface area contributed by atoms with Crippen LogP contribution in [0, 0.1) is 5.92 Å². The number of ether oxygens (including phenoxy) is 2. The van der Waals surface area contributed by atoms with Crippen molar-refractivity contribution in [1.29, 1.82) is 0 Å². The predicted octanol–water partition coefficient (Wildman–Crippen LogP) is 5.39. The molecule has 0 saturated heterocycles. The Bertz CT molecular complexity index is 1020. The lowest BCUT2D eigenvalue weighted by atomic mass is 9.90. The lowest BCUT2D eigenvalue weighted by molar-refractivity contribution is -0.161. The Morgan fingerprint density at radius 1 is 1.16 bits per heavy atom. The molecular weight excluding hydrogens is 458 g/mol. The SMILES string of the molecule is CCOC(=O)C(C/C(F)=C1\CCCc2cnn(Cc3ccc(Cl)cc3Cl)c21)C(=O)OCC. The third-order valence-corrected chi connectivity index (χ3v) is 5.85. The predicted molar refractivity (Wildman–Crippen MR) is 120 cm³/mol. The molecule has 0 unspecified atom stereocenters. The van der Waals surface area contributed by atoms with Crippen molar-refractivity contribution in [1.82, 2.24) is 9.78 Å². The highest BCUT2D eigenvalue weighted by atomic mass is 35.5. The molecule has 0 saturated carbocycles. The fraction of sp³-hybridized carbons (Fsp3) is 0.435. The van der Waals surface area contributed by atoms with E-state index in [0.29, 0.717) is 34.3 Å².